The van der Waals surface area contributed by atoms with Crippen LogP contribution in [0.3, 0.4) is 0 Å². The summed E-state index contributed by atoms with van der Waals surface area (Å²) in [5.41, 5.74) is 2.24. The Morgan fingerprint density at radius 3 is 2.80 bits per heavy atom. The molecule has 0 aliphatic rings. The van der Waals surface area contributed by atoms with Gasteiger partial charge in [0.1, 0.15) is 6.10 Å². The van der Waals surface area contributed by atoms with Gasteiger partial charge in [-0.25, -0.2) is 0 Å². The standard InChI is InChI=1S/C11H16N2O2/c1-9-5-4-6-10(7-9)11(15-3)8-13(2)12-14/h4-7,11H,8H2,1-3H3. The molecule has 0 aliphatic carbocycles. The molecule has 1 rings (SSSR count). The third-order valence-corrected chi connectivity index (χ3v) is 2.27. The number of hydrogen-bond donors (Lipinski definition) is 0. The van der Waals surface area contributed by atoms with Gasteiger partial charge in [0, 0.05) is 14.2 Å². The first kappa shape index (κ1) is 11.7. The predicted molar refractivity (Wildman–Crippen MR) is 59.4 cm³/mol. The SMILES string of the molecule is COC(CN(C)N=O)c1cccc(C)c1. The van der Waals surface area contributed by atoms with Crippen molar-refractivity contribution in [2.24, 2.45) is 5.29 Å². The summed E-state index contributed by atoms with van der Waals surface area (Å²) in [5, 5.41) is 4.16. The van der Waals surface area contributed by atoms with Gasteiger partial charge in [-0.1, -0.05) is 29.8 Å². The van der Waals surface area contributed by atoms with Crippen LogP contribution in [0.25, 0.3) is 0 Å². The van der Waals surface area contributed by atoms with Crippen LogP contribution >= 0.6 is 0 Å². The van der Waals surface area contributed by atoms with Gasteiger partial charge in [0.25, 0.3) is 0 Å². The maximum atomic E-state index is 10.3. The fraction of sp³-hybridized carbons (Fsp3) is 0.455. The van der Waals surface area contributed by atoms with Crippen molar-refractivity contribution in [1.82, 2.24) is 5.01 Å². The van der Waals surface area contributed by atoms with Gasteiger partial charge in [0.05, 0.1) is 11.8 Å². The van der Waals surface area contributed by atoms with Crippen molar-refractivity contribution < 1.29 is 4.74 Å². The Labute approximate surface area is 89.8 Å². The van der Waals surface area contributed by atoms with Crippen molar-refractivity contribution >= 4 is 0 Å². The highest BCUT2D eigenvalue weighted by Gasteiger charge is 2.12. The summed E-state index contributed by atoms with van der Waals surface area (Å²) in [6, 6.07) is 8.04. The van der Waals surface area contributed by atoms with Gasteiger partial charge in [0.2, 0.25) is 0 Å². The molecule has 1 aromatic carbocycles. The molecule has 0 radical (unpaired) electrons. The maximum Gasteiger partial charge on any atom is 0.101 e. The maximum absolute atomic E-state index is 10.3. The number of likely N-dealkylation sites (N-methyl/N-ethyl adjacent to an activating group) is 1. The highest BCUT2D eigenvalue weighted by Crippen LogP contribution is 2.18. The third kappa shape index (κ3) is 3.32. The van der Waals surface area contributed by atoms with Gasteiger partial charge in [-0.2, -0.15) is 0 Å². The molecule has 0 amide bonds. The summed E-state index contributed by atoms with van der Waals surface area (Å²) in [4.78, 5) is 10.3. The molecule has 0 fully saturated rings. The number of aryl methyl sites for hydroxylation is 1. The average Bonchev–Trinajstić information content (AvgIpc) is 2.25. The fourth-order valence-corrected chi connectivity index (χ4v) is 1.46. The first-order valence-electron chi connectivity index (χ1n) is 4.81. The quantitative estimate of drug-likeness (QED) is 0.550. The van der Waals surface area contributed by atoms with Gasteiger partial charge in [-0.05, 0) is 12.5 Å². The normalized spacial score (nSPS) is 12.2. The summed E-state index contributed by atoms with van der Waals surface area (Å²) >= 11 is 0. The number of rotatable bonds is 5. The Kier molecular flexibility index (Phi) is 4.24. The Bertz CT molecular complexity index is 328. The molecule has 15 heavy (non-hydrogen) atoms. The minimum absolute atomic E-state index is 0.118. The van der Waals surface area contributed by atoms with E-state index in [2.05, 4.69) is 5.29 Å². The second kappa shape index (κ2) is 5.46. The Morgan fingerprint density at radius 1 is 1.53 bits per heavy atom. The first-order chi connectivity index (χ1) is 7.17. The summed E-state index contributed by atoms with van der Waals surface area (Å²) in [6.45, 7) is 2.49. The lowest BCUT2D eigenvalue weighted by molar-refractivity contribution is 0.0719. The minimum atomic E-state index is -0.118. The molecule has 0 aromatic heterocycles. The van der Waals surface area contributed by atoms with Gasteiger partial charge >= 0.3 is 0 Å². The average molecular weight is 208 g/mol. The molecular weight excluding hydrogens is 192 g/mol. The topological polar surface area (TPSA) is 41.9 Å². The van der Waals surface area contributed by atoms with Crippen molar-refractivity contribution in [3.8, 4) is 0 Å². The molecule has 4 heteroatoms. The second-order valence-corrected chi connectivity index (χ2v) is 3.56. The molecule has 1 aromatic rings. The van der Waals surface area contributed by atoms with Crippen LogP contribution in [-0.4, -0.2) is 25.7 Å². The van der Waals surface area contributed by atoms with E-state index in [0.29, 0.717) is 6.54 Å². The Morgan fingerprint density at radius 2 is 2.27 bits per heavy atom. The molecule has 0 aliphatic heterocycles. The van der Waals surface area contributed by atoms with Crippen molar-refractivity contribution in [2.45, 2.75) is 13.0 Å². The lowest BCUT2D eigenvalue weighted by Crippen LogP contribution is -2.20. The van der Waals surface area contributed by atoms with E-state index in [0.717, 1.165) is 5.56 Å². The highest BCUT2D eigenvalue weighted by atomic mass is 16.5. The second-order valence-electron chi connectivity index (χ2n) is 3.56. The zero-order valence-corrected chi connectivity index (χ0v) is 9.30. The zero-order chi connectivity index (χ0) is 11.3. The third-order valence-electron chi connectivity index (χ3n) is 2.27. The summed E-state index contributed by atoms with van der Waals surface area (Å²) in [7, 11) is 3.26. The van der Waals surface area contributed by atoms with E-state index in [1.165, 1.54) is 10.6 Å². The van der Waals surface area contributed by atoms with Gasteiger partial charge in [-0.15, -0.1) is 4.91 Å². The van der Waals surface area contributed by atoms with E-state index in [9.17, 15) is 4.91 Å². The van der Waals surface area contributed by atoms with Crippen molar-refractivity contribution in [3.05, 3.63) is 40.3 Å². The monoisotopic (exact) mass is 208 g/mol. The minimum Gasteiger partial charge on any atom is -0.375 e. The largest absolute Gasteiger partial charge is 0.375 e. The molecule has 0 spiro atoms. The molecule has 82 valence electrons. The van der Waals surface area contributed by atoms with Crippen LogP contribution in [0.15, 0.2) is 29.6 Å². The number of ether oxygens (including phenoxy) is 1. The van der Waals surface area contributed by atoms with E-state index in [-0.39, 0.29) is 6.10 Å². The van der Waals surface area contributed by atoms with Crippen molar-refractivity contribution in [1.29, 1.82) is 0 Å². The van der Waals surface area contributed by atoms with Crippen molar-refractivity contribution in [2.75, 3.05) is 20.7 Å². The van der Waals surface area contributed by atoms with E-state index < -0.39 is 0 Å². The first-order valence-corrected chi connectivity index (χ1v) is 4.81. The zero-order valence-electron chi connectivity index (χ0n) is 9.30. The number of methoxy groups -OCH3 is 1. The highest BCUT2D eigenvalue weighted by molar-refractivity contribution is 5.24. The fourth-order valence-electron chi connectivity index (χ4n) is 1.46. The lowest BCUT2D eigenvalue weighted by Gasteiger charge is -2.19. The van der Waals surface area contributed by atoms with E-state index in [1.54, 1.807) is 14.2 Å². The molecule has 0 saturated carbocycles. The molecule has 1 unspecified atom stereocenters. The molecule has 0 heterocycles. The Balaban J connectivity index is 2.78. The summed E-state index contributed by atoms with van der Waals surface area (Å²) in [6.07, 6.45) is -0.118. The Hall–Kier alpha value is -1.42. The smallest absolute Gasteiger partial charge is 0.101 e. The van der Waals surface area contributed by atoms with Crippen LogP contribution in [0.1, 0.15) is 17.2 Å². The molecule has 0 saturated heterocycles. The van der Waals surface area contributed by atoms with Gasteiger partial charge < -0.3 is 4.74 Å². The van der Waals surface area contributed by atoms with Gasteiger partial charge in [0.15, 0.2) is 0 Å². The summed E-state index contributed by atoms with van der Waals surface area (Å²) in [5.74, 6) is 0. The lowest BCUT2D eigenvalue weighted by atomic mass is 10.1. The number of nitrogens with zero attached hydrogens (tertiary/aromatic N) is 2. The molecular formula is C11H16N2O2. The van der Waals surface area contributed by atoms with Crippen LogP contribution in [0, 0.1) is 11.8 Å². The van der Waals surface area contributed by atoms with E-state index >= 15 is 0 Å². The van der Waals surface area contributed by atoms with Crippen LogP contribution < -0.4 is 0 Å². The number of hydrogen-bond acceptors (Lipinski definition) is 3. The van der Waals surface area contributed by atoms with E-state index in [4.69, 9.17) is 4.74 Å². The molecule has 0 bridgehead atoms. The molecule has 1 atom stereocenters. The van der Waals surface area contributed by atoms with Crippen LogP contribution in [0.2, 0.25) is 0 Å². The van der Waals surface area contributed by atoms with Crippen LogP contribution in [0.5, 0.6) is 0 Å². The number of nitroso groups, excluding NO2 is 1. The molecule has 4 nitrogen and oxygen atoms in total. The van der Waals surface area contributed by atoms with Crippen LogP contribution in [-0.2, 0) is 4.74 Å². The molecule has 0 N–H and O–H groups in total. The van der Waals surface area contributed by atoms with Gasteiger partial charge in [-0.3, -0.25) is 5.01 Å². The van der Waals surface area contributed by atoms with Crippen LogP contribution in [0.4, 0.5) is 0 Å². The number of benzene rings is 1. The van der Waals surface area contributed by atoms with Crippen molar-refractivity contribution in [3.63, 3.8) is 0 Å². The predicted octanol–water partition coefficient (Wildman–Crippen LogP) is 2.30. The summed E-state index contributed by atoms with van der Waals surface area (Å²) < 4.78 is 5.32. The van der Waals surface area contributed by atoms with E-state index in [1.807, 2.05) is 31.2 Å².